The first-order chi connectivity index (χ1) is 20.4. The number of anilines is 2. The molecule has 3 aromatic heterocycles. The van der Waals surface area contributed by atoms with Gasteiger partial charge in [0.25, 0.3) is 0 Å². The van der Waals surface area contributed by atoms with Gasteiger partial charge in [-0.25, -0.2) is 28.2 Å². The number of thiophene rings is 1. The summed E-state index contributed by atoms with van der Waals surface area (Å²) in [5.41, 5.74) is 2.98. The minimum atomic E-state index is -3.57. The van der Waals surface area contributed by atoms with E-state index >= 15 is 0 Å². The standard InChI is InChI=1S/C28H37N7O6S2/c1-28(2,3)41-27(36)35-15-19-11-20(35)14-34(19)13-18-16-42-24-22(30-26(31-23(18)24)33-6-8-40-9-7-33)17-10-21(32-43(5,37)38)25(39-4)29-12-17/h10,12,16,19-20,32H,6-9,11,13-15H2,1-5H3. The number of rotatable bonds is 7. The first-order valence-corrected chi connectivity index (χ1v) is 17.0. The van der Waals surface area contributed by atoms with E-state index in [2.05, 4.69) is 24.9 Å². The van der Waals surface area contributed by atoms with Gasteiger partial charge in [0.1, 0.15) is 11.3 Å². The average Bonchev–Trinajstić information content (AvgIpc) is 3.66. The van der Waals surface area contributed by atoms with Crippen molar-refractivity contribution in [2.75, 3.05) is 62.4 Å². The molecule has 3 aliphatic heterocycles. The van der Waals surface area contributed by atoms with Crippen molar-refractivity contribution in [3.63, 3.8) is 0 Å². The van der Waals surface area contributed by atoms with Crippen LogP contribution < -0.4 is 14.4 Å². The van der Waals surface area contributed by atoms with Gasteiger partial charge < -0.3 is 24.0 Å². The van der Waals surface area contributed by atoms with Crippen LogP contribution in [0.5, 0.6) is 5.88 Å². The van der Waals surface area contributed by atoms with E-state index in [0.717, 1.165) is 35.0 Å². The fourth-order valence-electron chi connectivity index (χ4n) is 5.89. The highest BCUT2D eigenvalue weighted by Gasteiger charge is 2.46. The van der Waals surface area contributed by atoms with Gasteiger partial charge in [0.05, 0.1) is 42.5 Å². The SMILES string of the molecule is COc1ncc(-c2nc(N3CCOCC3)nc3c(CN4CC5CC4CN5C(=O)OC(C)(C)C)csc23)cc1NS(C)(=O)=O. The van der Waals surface area contributed by atoms with Crippen molar-refractivity contribution in [2.45, 2.75) is 51.4 Å². The van der Waals surface area contributed by atoms with Crippen molar-refractivity contribution in [3.8, 4) is 17.1 Å². The Kier molecular flexibility index (Phi) is 7.85. The summed E-state index contributed by atoms with van der Waals surface area (Å²) in [5, 5.41) is 2.12. The molecule has 3 aromatic rings. The van der Waals surface area contributed by atoms with Crippen molar-refractivity contribution in [3.05, 3.63) is 23.2 Å². The second kappa shape index (κ2) is 11.3. The van der Waals surface area contributed by atoms with Gasteiger partial charge in [-0.1, -0.05) is 0 Å². The summed E-state index contributed by atoms with van der Waals surface area (Å²) in [6.45, 7) is 10.3. The minimum Gasteiger partial charge on any atom is -0.480 e. The molecule has 3 aliphatic rings. The van der Waals surface area contributed by atoms with Crippen LogP contribution in [0, 0.1) is 0 Å². The molecule has 15 heteroatoms. The molecule has 6 rings (SSSR count). The van der Waals surface area contributed by atoms with Crippen LogP contribution in [0.15, 0.2) is 17.6 Å². The van der Waals surface area contributed by atoms with Gasteiger partial charge in [0.2, 0.25) is 21.9 Å². The third kappa shape index (κ3) is 6.35. The molecule has 3 fully saturated rings. The van der Waals surface area contributed by atoms with Crippen molar-refractivity contribution >= 4 is 49.3 Å². The van der Waals surface area contributed by atoms with Crippen LogP contribution >= 0.6 is 11.3 Å². The van der Waals surface area contributed by atoms with E-state index in [0.29, 0.717) is 56.6 Å². The number of likely N-dealkylation sites (tertiary alicyclic amines) is 2. The second-order valence-corrected chi connectivity index (χ2v) is 14.8. The summed E-state index contributed by atoms with van der Waals surface area (Å²) in [6, 6.07) is 2.08. The quantitative estimate of drug-likeness (QED) is 0.411. The largest absolute Gasteiger partial charge is 0.480 e. The molecule has 0 radical (unpaired) electrons. The van der Waals surface area contributed by atoms with Gasteiger partial charge in [0, 0.05) is 62.1 Å². The van der Waals surface area contributed by atoms with E-state index in [1.807, 2.05) is 25.7 Å². The molecule has 0 spiro atoms. The van der Waals surface area contributed by atoms with Crippen LogP contribution in [0.4, 0.5) is 16.4 Å². The van der Waals surface area contributed by atoms with Crippen LogP contribution in [-0.2, 0) is 26.0 Å². The number of pyridine rings is 1. The molecule has 2 bridgehead atoms. The number of aromatic nitrogens is 3. The number of ether oxygens (including phenoxy) is 3. The fraction of sp³-hybridized carbons (Fsp3) is 0.571. The summed E-state index contributed by atoms with van der Waals surface area (Å²) in [6.07, 6.45) is 3.41. The number of hydrogen-bond donors (Lipinski definition) is 1. The molecule has 2 atom stereocenters. The maximum Gasteiger partial charge on any atom is 0.410 e. The lowest BCUT2D eigenvalue weighted by molar-refractivity contribution is 0.0124. The highest BCUT2D eigenvalue weighted by atomic mass is 32.2. The number of amides is 1. The third-order valence-corrected chi connectivity index (χ3v) is 9.36. The van der Waals surface area contributed by atoms with Crippen LogP contribution in [0.25, 0.3) is 21.5 Å². The van der Waals surface area contributed by atoms with Gasteiger partial charge >= 0.3 is 6.09 Å². The Hall–Kier alpha value is -3.27. The van der Waals surface area contributed by atoms with Crippen LogP contribution in [-0.4, -0.2) is 110 Å². The topological polar surface area (TPSA) is 139 Å². The van der Waals surface area contributed by atoms with Gasteiger partial charge in [-0.2, -0.15) is 0 Å². The Morgan fingerprint density at radius 3 is 2.60 bits per heavy atom. The summed E-state index contributed by atoms with van der Waals surface area (Å²) in [4.78, 5) is 33.6. The Morgan fingerprint density at radius 1 is 1.19 bits per heavy atom. The summed E-state index contributed by atoms with van der Waals surface area (Å²) < 4.78 is 44.0. The number of fused-ring (bicyclic) bond motifs is 3. The number of sulfonamides is 1. The lowest BCUT2D eigenvalue weighted by atomic mass is 10.1. The number of carbonyl (C=O) groups excluding carboxylic acids is 1. The van der Waals surface area contributed by atoms with Gasteiger partial charge in [-0.15, -0.1) is 11.3 Å². The number of carbonyl (C=O) groups is 1. The molecule has 43 heavy (non-hydrogen) atoms. The number of nitrogens with zero attached hydrogens (tertiary/aromatic N) is 6. The minimum absolute atomic E-state index is 0.130. The molecular weight excluding hydrogens is 594 g/mol. The third-order valence-electron chi connectivity index (χ3n) is 7.74. The highest BCUT2D eigenvalue weighted by molar-refractivity contribution is 7.92. The van der Waals surface area contributed by atoms with E-state index < -0.39 is 15.6 Å². The summed E-state index contributed by atoms with van der Waals surface area (Å²) in [7, 11) is -2.13. The average molecular weight is 632 g/mol. The predicted molar refractivity (Wildman–Crippen MR) is 164 cm³/mol. The summed E-state index contributed by atoms with van der Waals surface area (Å²) >= 11 is 1.56. The maximum atomic E-state index is 12.8. The second-order valence-electron chi connectivity index (χ2n) is 12.2. The van der Waals surface area contributed by atoms with Crippen molar-refractivity contribution in [1.82, 2.24) is 24.8 Å². The van der Waals surface area contributed by atoms with Gasteiger partial charge in [-0.05, 0) is 38.6 Å². The van der Waals surface area contributed by atoms with Gasteiger partial charge in [0.15, 0.2) is 0 Å². The molecular formula is C28H37N7O6S2. The number of morpholine rings is 1. The highest BCUT2D eigenvalue weighted by Crippen LogP contribution is 2.39. The number of methoxy groups -OCH3 is 1. The van der Waals surface area contributed by atoms with E-state index in [-0.39, 0.29) is 29.7 Å². The predicted octanol–water partition coefficient (Wildman–Crippen LogP) is 3.16. The first-order valence-electron chi connectivity index (χ1n) is 14.2. The van der Waals surface area contributed by atoms with Gasteiger partial charge in [-0.3, -0.25) is 9.62 Å². The molecule has 1 amide bonds. The van der Waals surface area contributed by atoms with E-state index in [1.165, 1.54) is 7.11 Å². The molecule has 1 N–H and O–H groups in total. The van der Waals surface area contributed by atoms with E-state index in [9.17, 15) is 13.2 Å². The Balaban J connectivity index is 1.33. The Bertz CT molecular complexity index is 1630. The molecule has 13 nitrogen and oxygen atoms in total. The molecule has 0 saturated carbocycles. The lowest BCUT2D eigenvalue weighted by Crippen LogP contribution is -2.49. The summed E-state index contributed by atoms with van der Waals surface area (Å²) in [5.74, 6) is 0.766. The van der Waals surface area contributed by atoms with Crippen LogP contribution in [0.3, 0.4) is 0 Å². The zero-order chi connectivity index (χ0) is 30.5. The molecule has 0 aromatic carbocycles. The van der Waals surface area contributed by atoms with Crippen molar-refractivity contribution in [2.24, 2.45) is 0 Å². The van der Waals surface area contributed by atoms with Crippen molar-refractivity contribution < 1.29 is 27.4 Å². The normalized spacial score (nSPS) is 21.0. The zero-order valence-electron chi connectivity index (χ0n) is 25.0. The number of piperazine rings is 1. The first kappa shape index (κ1) is 29.8. The zero-order valence-corrected chi connectivity index (χ0v) is 26.6. The molecule has 3 saturated heterocycles. The van der Waals surface area contributed by atoms with E-state index in [4.69, 9.17) is 24.2 Å². The fourth-order valence-corrected chi connectivity index (χ4v) is 7.45. The van der Waals surface area contributed by atoms with Crippen LogP contribution in [0.1, 0.15) is 32.8 Å². The number of nitrogens with one attached hydrogen (secondary N) is 1. The molecule has 0 aliphatic carbocycles. The molecule has 232 valence electrons. The monoisotopic (exact) mass is 631 g/mol. The Labute approximate surface area is 255 Å². The molecule has 2 unspecified atom stereocenters. The number of hydrogen-bond acceptors (Lipinski definition) is 12. The maximum absolute atomic E-state index is 12.8. The van der Waals surface area contributed by atoms with Crippen molar-refractivity contribution in [1.29, 1.82) is 0 Å². The Morgan fingerprint density at radius 2 is 1.95 bits per heavy atom. The van der Waals surface area contributed by atoms with E-state index in [1.54, 1.807) is 23.6 Å². The lowest BCUT2D eigenvalue weighted by Gasteiger charge is -2.35. The molecule has 6 heterocycles. The smallest absolute Gasteiger partial charge is 0.410 e. The van der Waals surface area contributed by atoms with Crippen LogP contribution in [0.2, 0.25) is 0 Å².